The molecule has 0 saturated carbocycles. The van der Waals surface area contributed by atoms with E-state index in [1.807, 2.05) is 36.4 Å². The van der Waals surface area contributed by atoms with E-state index in [1.165, 1.54) is 0 Å². The first-order chi connectivity index (χ1) is 13.1. The Labute approximate surface area is 155 Å². The van der Waals surface area contributed by atoms with Crippen molar-refractivity contribution >= 4 is 34.4 Å². The number of carbonyl (C=O) groups excluding carboxylic acids is 1. The van der Waals surface area contributed by atoms with Crippen LogP contribution < -0.4 is 16.6 Å². The monoisotopic (exact) mass is 358 g/mol. The van der Waals surface area contributed by atoms with Gasteiger partial charge in [0.2, 0.25) is 0 Å². The normalized spacial score (nSPS) is 15.3. The number of fused-ring (bicyclic) bond motifs is 1. The molecule has 0 saturated heterocycles. The second-order valence-corrected chi connectivity index (χ2v) is 6.32. The maximum atomic E-state index is 13.1. The number of hydrogen-bond donors (Lipinski definition) is 2. The van der Waals surface area contributed by atoms with Gasteiger partial charge in [-0.25, -0.2) is 0 Å². The van der Waals surface area contributed by atoms with Gasteiger partial charge in [0.05, 0.1) is 18.1 Å². The largest absolute Gasteiger partial charge is 0.398 e. The summed E-state index contributed by atoms with van der Waals surface area (Å²) < 4.78 is 1.57. The van der Waals surface area contributed by atoms with Gasteiger partial charge in [-0.05, 0) is 36.4 Å². The summed E-state index contributed by atoms with van der Waals surface area (Å²) >= 11 is 0. The second-order valence-electron chi connectivity index (χ2n) is 6.32. The molecule has 2 heterocycles. The van der Waals surface area contributed by atoms with Crippen LogP contribution in [0.3, 0.4) is 0 Å². The zero-order valence-electron chi connectivity index (χ0n) is 14.5. The SMILES string of the molecule is Nc1cccc2c1cc(C(=O)Nc1ccccc1)c(=O)n2CC1C=CC=N1. The highest BCUT2D eigenvalue weighted by Crippen LogP contribution is 2.22. The van der Waals surface area contributed by atoms with E-state index in [0.717, 1.165) is 0 Å². The third kappa shape index (κ3) is 3.25. The molecule has 1 aromatic heterocycles. The average Bonchev–Trinajstić information content (AvgIpc) is 3.18. The molecule has 1 atom stereocenters. The molecular weight excluding hydrogens is 340 g/mol. The number of anilines is 2. The molecule has 0 radical (unpaired) electrons. The second kappa shape index (κ2) is 6.92. The van der Waals surface area contributed by atoms with Crippen LogP contribution in [0.1, 0.15) is 10.4 Å². The molecule has 1 unspecified atom stereocenters. The van der Waals surface area contributed by atoms with E-state index >= 15 is 0 Å². The molecule has 0 bridgehead atoms. The third-order valence-corrected chi connectivity index (χ3v) is 4.51. The number of aliphatic imine (C=N–C) groups is 1. The number of para-hydroxylation sites is 1. The van der Waals surface area contributed by atoms with Crippen molar-refractivity contribution in [1.29, 1.82) is 0 Å². The standard InChI is InChI=1S/C21H18N4O2/c22-18-9-4-10-19-16(18)12-17(20(26)24-14-6-2-1-3-7-14)21(27)25(19)13-15-8-5-11-23-15/h1-12,15H,13,22H2,(H,24,26). The van der Waals surface area contributed by atoms with Gasteiger partial charge < -0.3 is 15.6 Å². The van der Waals surface area contributed by atoms with E-state index in [-0.39, 0.29) is 17.2 Å². The van der Waals surface area contributed by atoms with Crippen molar-refractivity contribution in [3.05, 3.63) is 82.7 Å². The van der Waals surface area contributed by atoms with Crippen molar-refractivity contribution in [2.24, 2.45) is 4.99 Å². The predicted molar refractivity (Wildman–Crippen MR) is 108 cm³/mol. The van der Waals surface area contributed by atoms with Gasteiger partial charge in [0.15, 0.2) is 0 Å². The summed E-state index contributed by atoms with van der Waals surface area (Å²) in [6, 6.07) is 15.8. The van der Waals surface area contributed by atoms with Gasteiger partial charge in [0.25, 0.3) is 11.5 Å². The molecule has 1 amide bonds. The van der Waals surface area contributed by atoms with E-state index in [2.05, 4.69) is 10.3 Å². The molecule has 4 rings (SSSR count). The first-order valence-electron chi connectivity index (χ1n) is 8.62. The quantitative estimate of drug-likeness (QED) is 0.703. The Morgan fingerprint density at radius 2 is 1.96 bits per heavy atom. The number of pyridine rings is 1. The van der Waals surface area contributed by atoms with Gasteiger partial charge >= 0.3 is 0 Å². The zero-order valence-corrected chi connectivity index (χ0v) is 14.5. The van der Waals surface area contributed by atoms with Gasteiger partial charge in [-0.15, -0.1) is 0 Å². The van der Waals surface area contributed by atoms with Crippen LogP contribution in [0.2, 0.25) is 0 Å². The van der Waals surface area contributed by atoms with Crippen LogP contribution in [0, 0.1) is 0 Å². The number of allylic oxidation sites excluding steroid dienone is 1. The maximum Gasteiger partial charge on any atom is 0.263 e. The molecule has 27 heavy (non-hydrogen) atoms. The summed E-state index contributed by atoms with van der Waals surface area (Å²) in [7, 11) is 0. The molecule has 1 aliphatic rings. The number of nitrogens with one attached hydrogen (secondary N) is 1. The Balaban J connectivity index is 1.83. The Hall–Kier alpha value is -3.67. The number of nitrogens with zero attached hydrogens (tertiary/aromatic N) is 2. The van der Waals surface area contributed by atoms with Crippen LogP contribution in [0.15, 0.2) is 76.5 Å². The molecule has 1 aliphatic heterocycles. The van der Waals surface area contributed by atoms with E-state index < -0.39 is 5.91 Å². The van der Waals surface area contributed by atoms with Crippen LogP contribution >= 0.6 is 0 Å². The number of benzene rings is 2. The summed E-state index contributed by atoms with van der Waals surface area (Å²) in [6.45, 7) is 0.345. The molecule has 6 nitrogen and oxygen atoms in total. The Kier molecular flexibility index (Phi) is 4.30. The van der Waals surface area contributed by atoms with Crippen molar-refractivity contribution in [2.75, 3.05) is 11.1 Å². The lowest BCUT2D eigenvalue weighted by Crippen LogP contribution is -2.31. The van der Waals surface area contributed by atoms with Crippen LogP contribution in [-0.4, -0.2) is 22.7 Å². The fraction of sp³-hybridized carbons (Fsp3) is 0.0952. The van der Waals surface area contributed by atoms with E-state index in [1.54, 1.807) is 41.1 Å². The summed E-state index contributed by atoms with van der Waals surface area (Å²) in [5, 5.41) is 3.44. The van der Waals surface area contributed by atoms with Crippen molar-refractivity contribution < 1.29 is 4.79 Å². The highest BCUT2D eigenvalue weighted by atomic mass is 16.2. The fourth-order valence-electron chi connectivity index (χ4n) is 3.17. The molecule has 0 aliphatic carbocycles. The lowest BCUT2D eigenvalue weighted by Gasteiger charge is -2.15. The van der Waals surface area contributed by atoms with Crippen molar-refractivity contribution in [1.82, 2.24) is 4.57 Å². The average molecular weight is 358 g/mol. The lowest BCUT2D eigenvalue weighted by molar-refractivity contribution is 0.102. The van der Waals surface area contributed by atoms with Gasteiger partial charge in [-0.3, -0.25) is 14.6 Å². The number of rotatable bonds is 4. The topological polar surface area (TPSA) is 89.5 Å². The number of hydrogen-bond acceptors (Lipinski definition) is 4. The van der Waals surface area contributed by atoms with Crippen LogP contribution in [0.25, 0.3) is 10.9 Å². The first kappa shape index (κ1) is 16.8. The van der Waals surface area contributed by atoms with E-state index in [9.17, 15) is 9.59 Å². The van der Waals surface area contributed by atoms with Gasteiger partial charge in [-0.1, -0.05) is 30.3 Å². The van der Waals surface area contributed by atoms with Gasteiger partial charge in [0.1, 0.15) is 5.56 Å². The maximum absolute atomic E-state index is 13.1. The minimum atomic E-state index is -0.462. The summed E-state index contributed by atoms with van der Waals surface area (Å²) in [6.07, 6.45) is 5.47. The van der Waals surface area contributed by atoms with Crippen molar-refractivity contribution in [3.63, 3.8) is 0 Å². The molecule has 2 aromatic carbocycles. The van der Waals surface area contributed by atoms with Crippen LogP contribution in [0.5, 0.6) is 0 Å². The molecule has 134 valence electrons. The first-order valence-corrected chi connectivity index (χ1v) is 8.62. The summed E-state index contributed by atoms with van der Waals surface area (Å²) in [4.78, 5) is 30.2. The Morgan fingerprint density at radius 3 is 2.70 bits per heavy atom. The molecule has 6 heteroatoms. The number of aromatic nitrogens is 1. The summed E-state index contributed by atoms with van der Waals surface area (Å²) in [5.74, 6) is -0.462. The molecular formula is C21H18N4O2. The minimum absolute atomic E-state index is 0.0511. The smallest absolute Gasteiger partial charge is 0.263 e. The van der Waals surface area contributed by atoms with Gasteiger partial charge in [-0.2, -0.15) is 0 Å². The predicted octanol–water partition coefficient (Wildman–Crippen LogP) is 2.85. The Morgan fingerprint density at radius 1 is 1.15 bits per heavy atom. The lowest BCUT2D eigenvalue weighted by atomic mass is 10.1. The van der Waals surface area contributed by atoms with Crippen molar-refractivity contribution in [3.8, 4) is 0 Å². The molecule has 0 spiro atoms. The fourth-order valence-corrected chi connectivity index (χ4v) is 3.17. The molecule has 3 N–H and O–H groups in total. The van der Waals surface area contributed by atoms with E-state index in [0.29, 0.717) is 28.8 Å². The number of nitrogens with two attached hydrogens (primary N) is 1. The summed E-state index contributed by atoms with van der Waals surface area (Å²) in [5.41, 5.74) is 7.63. The van der Waals surface area contributed by atoms with Crippen LogP contribution in [0.4, 0.5) is 11.4 Å². The van der Waals surface area contributed by atoms with Crippen molar-refractivity contribution in [2.45, 2.75) is 12.6 Å². The van der Waals surface area contributed by atoms with Crippen LogP contribution in [-0.2, 0) is 6.54 Å². The van der Waals surface area contributed by atoms with E-state index in [4.69, 9.17) is 5.73 Å². The molecule has 3 aromatic rings. The number of amides is 1. The number of nitrogen functional groups attached to an aromatic ring is 1. The minimum Gasteiger partial charge on any atom is -0.398 e. The molecule has 0 fully saturated rings. The highest BCUT2D eigenvalue weighted by Gasteiger charge is 2.19. The highest BCUT2D eigenvalue weighted by molar-refractivity contribution is 6.06. The van der Waals surface area contributed by atoms with Gasteiger partial charge in [0, 0.05) is 23.0 Å². The number of carbonyl (C=O) groups is 1. The Bertz CT molecular complexity index is 1120. The third-order valence-electron chi connectivity index (χ3n) is 4.51. The zero-order chi connectivity index (χ0) is 18.8.